The molecule has 0 spiro atoms. The molecule has 38 heavy (non-hydrogen) atoms. The zero-order chi connectivity index (χ0) is 27.2. The summed E-state index contributed by atoms with van der Waals surface area (Å²) in [6.45, 7) is 0.523. The average Bonchev–Trinajstić information content (AvgIpc) is 3.20. The minimum atomic E-state index is -0.882. The summed E-state index contributed by atoms with van der Waals surface area (Å²) in [4.78, 5) is 27.6. The van der Waals surface area contributed by atoms with Gasteiger partial charge in [0.1, 0.15) is 23.9 Å². The molecule has 4 rings (SSSR count). The van der Waals surface area contributed by atoms with Crippen LogP contribution >= 0.6 is 0 Å². The van der Waals surface area contributed by atoms with Crippen molar-refractivity contribution in [2.24, 2.45) is 0 Å². The normalized spacial score (nSPS) is 16.5. The van der Waals surface area contributed by atoms with E-state index in [9.17, 15) is 19.1 Å². The highest BCUT2D eigenvalue weighted by molar-refractivity contribution is 6.46. The van der Waals surface area contributed by atoms with Crippen molar-refractivity contribution in [2.75, 3.05) is 34.5 Å². The summed E-state index contributed by atoms with van der Waals surface area (Å²) >= 11 is 0. The molecule has 0 bridgehead atoms. The van der Waals surface area contributed by atoms with E-state index < -0.39 is 17.7 Å². The fraction of sp³-hybridized carbons (Fsp3) is 0.241. The molecule has 1 N–H and O–H groups in total. The maximum atomic E-state index is 13.2. The first kappa shape index (κ1) is 26.7. The number of Topliss-reactive ketones (excluding diaryl/α,β-unsaturated/α-hetero) is 1. The highest BCUT2D eigenvalue weighted by Gasteiger charge is 2.46. The molecule has 3 aromatic carbocycles. The number of aliphatic hydroxyl groups excluding tert-OH is 1. The van der Waals surface area contributed by atoms with Crippen LogP contribution in [0.3, 0.4) is 0 Å². The lowest BCUT2D eigenvalue weighted by Gasteiger charge is -2.25. The summed E-state index contributed by atoms with van der Waals surface area (Å²) < 4.78 is 34.9. The Bertz CT molecular complexity index is 1350. The molecule has 1 aliphatic rings. The first-order chi connectivity index (χ1) is 18.4. The summed E-state index contributed by atoms with van der Waals surface area (Å²) in [7, 11) is 4.45. The largest absolute Gasteiger partial charge is 0.507 e. The van der Waals surface area contributed by atoms with E-state index in [0.717, 1.165) is 5.56 Å². The van der Waals surface area contributed by atoms with Crippen LogP contribution in [0.4, 0.5) is 4.39 Å². The fourth-order valence-electron chi connectivity index (χ4n) is 4.31. The third-order valence-electron chi connectivity index (χ3n) is 6.23. The topological polar surface area (TPSA) is 94.5 Å². The lowest BCUT2D eigenvalue weighted by atomic mass is 9.95. The summed E-state index contributed by atoms with van der Waals surface area (Å²) in [6.07, 6.45) is 0. The van der Waals surface area contributed by atoms with Crippen molar-refractivity contribution >= 4 is 17.4 Å². The molecule has 0 aromatic heterocycles. The predicted octanol–water partition coefficient (Wildman–Crippen LogP) is 4.49. The second kappa shape index (κ2) is 11.8. The van der Waals surface area contributed by atoms with Crippen LogP contribution in [0.5, 0.6) is 17.2 Å². The summed E-state index contributed by atoms with van der Waals surface area (Å²) in [5, 5.41) is 11.3. The van der Waals surface area contributed by atoms with Gasteiger partial charge in [-0.1, -0.05) is 24.3 Å². The third-order valence-corrected chi connectivity index (χ3v) is 6.23. The standard InChI is InChI=1S/C29H28FNO7/c1-35-14-13-31-26(19-5-4-6-22(15-19)38-17-18-7-10-21(30)11-8-18)25(28(33)29(31)34)27(32)20-9-12-23(36-2)24(16-20)37-3/h4-12,15-16,26,32H,13-14,17H2,1-3H3/b27-25+. The van der Waals surface area contributed by atoms with Crippen LogP contribution in [0.25, 0.3) is 5.76 Å². The second-order valence-corrected chi connectivity index (χ2v) is 8.54. The van der Waals surface area contributed by atoms with E-state index in [-0.39, 0.29) is 36.9 Å². The zero-order valence-corrected chi connectivity index (χ0v) is 21.3. The van der Waals surface area contributed by atoms with Crippen molar-refractivity contribution in [1.29, 1.82) is 0 Å². The van der Waals surface area contributed by atoms with Gasteiger partial charge >= 0.3 is 0 Å². The molecule has 0 saturated carbocycles. The summed E-state index contributed by atoms with van der Waals surface area (Å²) in [5.74, 6) is -0.939. The van der Waals surface area contributed by atoms with Gasteiger partial charge < -0.3 is 29.0 Å². The summed E-state index contributed by atoms with van der Waals surface area (Å²) in [5.41, 5.74) is 1.57. The van der Waals surface area contributed by atoms with Crippen LogP contribution in [0.2, 0.25) is 0 Å². The monoisotopic (exact) mass is 521 g/mol. The molecule has 9 heteroatoms. The van der Waals surface area contributed by atoms with Gasteiger partial charge in [0.2, 0.25) is 0 Å². The molecule has 3 aromatic rings. The van der Waals surface area contributed by atoms with Gasteiger partial charge in [0, 0.05) is 19.2 Å². The Morgan fingerprint density at radius 1 is 0.947 bits per heavy atom. The quantitative estimate of drug-likeness (QED) is 0.239. The number of methoxy groups -OCH3 is 3. The molecule has 1 atom stereocenters. The van der Waals surface area contributed by atoms with Gasteiger partial charge in [-0.15, -0.1) is 0 Å². The lowest BCUT2D eigenvalue weighted by Crippen LogP contribution is -2.32. The zero-order valence-electron chi connectivity index (χ0n) is 21.3. The second-order valence-electron chi connectivity index (χ2n) is 8.54. The lowest BCUT2D eigenvalue weighted by molar-refractivity contribution is -0.140. The van der Waals surface area contributed by atoms with Crippen molar-refractivity contribution in [2.45, 2.75) is 12.6 Å². The van der Waals surface area contributed by atoms with Crippen LogP contribution < -0.4 is 14.2 Å². The van der Waals surface area contributed by atoms with Crippen molar-refractivity contribution in [3.63, 3.8) is 0 Å². The molecule has 1 fully saturated rings. The van der Waals surface area contributed by atoms with Crippen molar-refractivity contribution in [1.82, 2.24) is 4.90 Å². The number of nitrogens with zero attached hydrogens (tertiary/aromatic N) is 1. The van der Waals surface area contributed by atoms with Gasteiger partial charge in [-0.3, -0.25) is 9.59 Å². The van der Waals surface area contributed by atoms with Gasteiger partial charge in [-0.05, 0) is 53.6 Å². The maximum absolute atomic E-state index is 13.2. The number of ether oxygens (including phenoxy) is 4. The van der Waals surface area contributed by atoms with E-state index in [4.69, 9.17) is 18.9 Å². The number of likely N-dealkylation sites (tertiary alicyclic amines) is 1. The van der Waals surface area contributed by atoms with Crippen molar-refractivity contribution in [3.05, 3.63) is 94.8 Å². The number of amides is 1. The molecule has 1 saturated heterocycles. The highest BCUT2D eigenvalue weighted by atomic mass is 19.1. The molecule has 1 unspecified atom stereocenters. The van der Waals surface area contributed by atoms with E-state index in [2.05, 4.69) is 0 Å². The first-order valence-corrected chi connectivity index (χ1v) is 11.8. The van der Waals surface area contributed by atoms with Crippen LogP contribution in [-0.4, -0.2) is 56.2 Å². The number of hydrogen-bond donors (Lipinski definition) is 1. The summed E-state index contributed by atoms with van der Waals surface area (Å²) in [6, 6.07) is 16.7. The van der Waals surface area contributed by atoms with Crippen LogP contribution in [0.15, 0.2) is 72.3 Å². The molecule has 1 amide bonds. The number of benzene rings is 3. The minimum Gasteiger partial charge on any atom is -0.507 e. The van der Waals surface area contributed by atoms with Gasteiger partial charge in [-0.25, -0.2) is 4.39 Å². The molecule has 198 valence electrons. The molecule has 0 aliphatic carbocycles. The Balaban J connectivity index is 1.74. The third kappa shape index (κ3) is 5.47. The van der Waals surface area contributed by atoms with Crippen LogP contribution in [0.1, 0.15) is 22.7 Å². The van der Waals surface area contributed by atoms with Gasteiger partial charge in [0.05, 0.1) is 32.4 Å². The van der Waals surface area contributed by atoms with Gasteiger partial charge in [0.15, 0.2) is 11.5 Å². The highest BCUT2D eigenvalue weighted by Crippen LogP contribution is 2.41. The van der Waals surface area contributed by atoms with Crippen LogP contribution in [-0.2, 0) is 20.9 Å². The van der Waals surface area contributed by atoms with Crippen LogP contribution in [0, 0.1) is 5.82 Å². The molecule has 1 aliphatic heterocycles. The van der Waals surface area contributed by atoms with E-state index in [1.54, 1.807) is 48.5 Å². The molecule has 0 radical (unpaired) electrons. The average molecular weight is 522 g/mol. The Morgan fingerprint density at radius 3 is 2.37 bits per heavy atom. The fourth-order valence-corrected chi connectivity index (χ4v) is 4.31. The number of halogens is 1. The number of carbonyl (C=O) groups is 2. The SMILES string of the molecule is COCCN1C(=O)C(=O)/C(=C(/O)c2ccc(OC)c(OC)c2)C1c1cccc(OCc2ccc(F)cc2)c1. The Hall–Kier alpha value is -4.37. The predicted molar refractivity (Wildman–Crippen MR) is 138 cm³/mol. The Labute approximate surface area is 219 Å². The molecule has 1 heterocycles. The van der Waals surface area contributed by atoms with E-state index in [0.29, 0.717) is 28.4 Å². The minimum absolute atomic E-state index is 0.0611. The Kier molecular flexibility index (Phi) is 8.28. The first-order valence-electron chi connectivity index (χ1n) is 11.8. The van der Waals surface area contributed by atoms with Gasteiger partial charge in [-0.2, -0.15) is 0 Å². The number of hydrogen-bond acceptors (Lipinski definition) is 7. The van der Waals surface area contributed by atoms with E-state index >= 15 is 0 Å². The number of carbonyl (C=O) groups excluding carboxylic acids is 2. The molecular formula is C29H28FNO7. The molecule has 8 nitrogen and oxygen atoms in total. The maximum Gasteiger partial charge on any atom is 0.295 e. The van der Waals surface area contributed by atoms with Crippen molar-refractivity contribution < 1.29 is 38.0 Å². The Morgan fingerprint density at radius 2 is 1.68 bits per heavy atom. The van der Waals surface area contributed by atoms with E-state index in [1.165, 1.54) is 44.4 Å². The number of rotatable bonds is 10. The number of aliphatic hydroxyl groups is 1. The van der Waals surface area contributed by atoms with E-state index in [1.807, 2.05) is 0 Å². The smallest absolute Gasteiger partial charge is 0.295 e. The molecular weight excluding hydrogens is 493 g/mol. The van der Waals surface area contributed by atoms with Crippen molar-refractivity contribution in [3.8, 4) is 17.2 Å². The number of ketones is 1. The van der Waals surface area contributed by atoms with Gasteiger partial charge in [0.25, 0.3) is 11.7 Å².